The normalized spacial score (nSPS) is 22.0. The number of nitrogens with one attached hydrogen (secondary N) is 2. The topological polar surface area (TPSA) is 68.2 Å². The van der Waals surface area contributed by atoms with Crippen molar-refractivity contribution in [2.24, 2.45) is 7.05 Å². The van der Waals surface area contributed by atoms with Crippen LogP contribution in [0.2, 0.25) is 0 Å². The van der Waals surface area contributed by atoms with Crippen LogP contribution in [-0.2, 0) is 16.6 Å². The maximum absolute atomic E-state index is 12.7. The molecule has 2 heterocycles. The van der Waals surface area contributed by atoms with E-state index >= 15 is 0 Å². The number of hydrogen-bond donors (Lipinski definition) is 2. The minimum atomic E-state index is -0.416. The monoisotopic (exact) mass is 314 g/mol. The molecule has 1 aliphatic rings. The second kappa shape index (κ2) is 6.93. The van der Waals surface area contributed by atoms with Gasteiger partial charge in [-0.25, -0.2) is 0 Å². The predicted octanol–water partition coefficient (Wildman–Crippen LogP) is 1.33. The standard InChI is InChI=1S/C17H22N4O2/c1-18-15(13-10-19-21(2)11-13)17(22)20-14-8-9-23-16(14)12-6-4-3-5-7-12/h3-7,10-11,14-16,18H,8-9H2,1-2H3,(H,20,22). The van der Waals surface area contributed by atoms with E-state index in [0.29, 0.717) is 6.61 Å². The highest BCUT2D eigenvalue weighted by Crippen LogP contribution is 2.29. The second-order valence-electron chi connectivity index (χ2n) is 5.77. The fraction of sp³-hybridized carbons (Fsp3) is 0.412. The van der Waals surface area contributed by atoms with Gasteiger partial charge >= 0.3 is 0 Å². The van der Waals surface area contributed by atoms with E-state index in [4.69, 9.17) is 4.74 Å². The molecular formula is C17H22N4O2. The zero-order valence-electron chi connectivity index (χ0n) is 13.4. The van der Waals surface area contributed by atoms with E-state index < -0.39 is 6.04 Å². The Morgan fingerprint density at radius 1 is 1.39 bits per heavy atom. The molecule has 1 aromatic carbocycles. The van der Waals surface area contributed by atoms with Crippen molar-refractivity contribution >= 4 is 5.91 Å². The molecule has 3 atom stereocenters. The lowest BCUT2D eigenvalue weighted by molar-refractivity contribution is -0.124. The Kier molecular flexibility index (Phi) is 4.73. The summed E-state index contributed by atoms with van der Waals surface area (Å²) in [7, 11) is 3.61. The number of benzene rings is 1. The molecule has 6 nitrogen and oxygen atoms in total. The van der Waals surface area contributed by atoms with Crippen molar-refractivity contribution in [2.75, 3.05) is 13.7 Å². The molecule has 1 saturated heterocycles. The van der Waals surface area contributed by atoms with E-state index in [1.54, 1.807) is 17.9 Å². The van der Waals surface area contributed by atoms with Crippen LogP contribution in [-0.4, -0.2) is 35.4 Å². The van der Waals surface area contributed by atoms with Gasteiger partial charge < -0.3 is 15.4 Å². The maximum Gasteiger partial charge on any atom is 0.242 e. The Morgan fingerprint density at radius 2 is 2.17 bits per heavy atom. The van der Waals surface area contributed by atoms with E-state index in [1.165, 1.54) is 0 Å². The summed E-state index contributed by atoms with van der Waals surface area (Å²) in [5.74, 6) is -0.0584. The average Bonchev–Trinajstić information content (AvgIpc) is 3.18. The summed E-state index contributed by atoms with van der Waals surface area (Å²) in [6.45, 7) is 0.654. The van der Waals surface area contributed by atoms with Gasteiger partial charge in [0, 0.05) is 25.4 Å². The number of carbonyl (C=O) groups excluding carboxylic acids is 1. The third-order valence-corrected chi connectivity index (χ3v) is 4.16. The van der Waals surface area contributed by atoms with Crippen LogP contribution in [0.3, 0.4) is 0 Å². The highest BCUT2D eigenvalue weighted by atomic mass is 16.5. The molecule has 3 rings (SSSR count). The molecule has 2 N–H and O–H groups in total. The summed E-state index contributed by atoms with van der Waals surface area (Å²) in [5.41, 5.74) is 1.94. The summed E-state index contributed by atoms with van der Waals surface area (Å²) < 4.78 is 7.52. The summed E-state index contributed by atoms with van der Waals surface area (Å²) in [4.78, 5) is 12.7. The predicted molar refractivity (Wildman–Crippen MR) is 86.7 cm³/mol. The van der Waals surface area contributed by atoms with Gasteiger partial charge in [0.05, 0.1) is 12.2 Å². The average molecular weight is 314 g/mol. The van der Waals surface area contributed by atoms with Gasteiger partial charge in [-0.15, -0.1) is 0 Å². The van der Waals surface area contributed by atoms with Gasteiger partial charge in [-0.3, -0.25) is 9.48 Å². The Hall–Kier alpha value is -2.18. The Balaban J connectivity index is 1.71. The molecule has 1 amide bonds. The molecule has 1 aromatic heterocycles. The van der Waals surface area contributed by atoms with E-state index in [0.717, 1.165) is 17.5 Å². The van der Waals surface area contributed by atoms with Crippen LogP contribution < -0.4 is 10.6 Å². The first-order valence-electron chi connectivity index (χ1n) is 7.82. The van der Waals surface area contributed by atoms with Crippen LogP contribution in [0.5, 0.6) is 0 Å². The molecule has 0 aliphatic carbocycles. The zero-order valence-corrected chi connectivity index (χ0v) is 13.4. The summed E-state index contributed by atoms with van der Waals surface area (Å²) >= 11 is 0. The third-order valence-electron chi connectivity index (χ3n) is 4.16. The van der Waals surface area contributed by atoms with E-state index in [1.807, 2.05) is 43.6 Å². The lowest BCUT2D eigenvalue weighted by Crippen LogP contribution is -2.43. The van der Waals surface area contributed by atoms with Crippen LogP contribution in [0, 0.1) is 0 Å². The number of ether oxygens (including phenoxy) is 1. The van der Waals surface area contributed by atoms with Crippen LogP contribution in [0.15, 0.2) is 42.7 Å². The van der Waals surface area contributed by atoms with Crippen LogP contribution in [0.25, 0.3) is 0 Å². The minimum absolute atomic E-state index is 0.0163. The van der Waals surface area contributed by atoms with Crippen molar-refractivity contribution < 1.29 is 9.53 Å². The van der Waals surface area contributed by atoms with E-state index in [2.05, 4.69) is 15.7 Å². The lowest BCUT2D eigenvalue weighted by Gasteiger charge is -2.23. The molecule has 0 spiro atoms. The fourth-order valence-corrected chi connectivity index (χ4v) is 3.01. The van der Waals surface area contributed by atoms with Crippen molar-refractivity contribution in [2.45, 2.75) is 24.6 Å². The molecular weight excluding hydrogens is 292 g/mol. The Morgan fingerprint density at radius 3 is 2.83 bits per heavy atom. The van der Waals surface area contributed by atoms with Crippen LogP contribution in [0.1, 0.15) is 29.7 Å². The van der Waals surface area contributed by atoms with Gasteiger partial charge in [-0.05, 0) is 19.0 Å². The number of likely N-dealkylation sites (N-methyl/N-ethyl adjacent to an activating group) is 1. The van der Waals surface area contributed by atoms with Crippen molar-refractivity contribution in [3.05, 3.63) is 53.9 Å². The third kappa shape index (κ3) is 3.43. The number of aryl methyl sites for hydroxylation is 1. The second-order valence-corrected chi connectivity index (χ2v) is 5.77. The molecule has 2 aromatic rings. The highest BCUT2D eigenvalue weighted by molar-refractivity contribution is 5.83. The van der Waals surface area contributed by atoms with Gasteiger partial charge in [0.25, 0.3) is 0 Å². The van der Waals surface area contributed by atoms with Gasteiger partial charge in [-0.1, -0.05) is 30.3 Å². The van der Waals surface area contributed by atoms with E-state index in [-0.39, 0.29) is 18.1 Å². The first-order chi connectivity index (χ1) is 11.2. The quantitative estimate of drug-likeness (QED) is 0.873. The molecule has 1 aliphatic heterocycles. The molecule has 23 heavy (non-hydrogen) atoms. The molecule has 3 unspecified atom stereocenters. The molecule has 6 heteroatoms. The number of carbonyl (C=O) groups is 1. The number of amides is 1. The first kappa shape index (κ1) is 15.7. The number of nitrogens with zero attached hydrogens (tertiary/aromatic N) is 2. The van der Waals surface area contributed by atoms with Crippen molar-refractivity contribution in [3.8, 4) is 0 Å². The van der Waals surface area contributed by atoms with Gasteiger partial charge in [0.1, 0.15) is 12.1 Å². The van der Waals surface area contributed by atoms with Crippen molar-refractivity contribution in [1.82, 2.24) is 20.4 Å². The molecule has 0 saturated carbocycles. The SMILES string of the molecule is CNC(C(=O)NC1CCOC1c1ccccc1)c1cnn(C)c1. The molecule has 0 radical (unpaired) electrons. The first-order valence-corrected chi connectivity index (χ1v) is 7.82. The number of hydrogen-bond acceptors (Lipinski definition) is 4. The Labute approximate surface area is 135 Å². The maximum atomic E-state index is 12.7. The Bertz CT molecular complexity index is 656. The zero-order chi connectivity index (χ0) is 16.2. The summed E-state index contributed by atoms with van der Waals surface area (Å²) in [6.07, 6.45) is 4.28. The van der Waals surface area contributed by atoms with Crippen molar-refractivity contribution in [3.63, 3.8) is 0 Å². The van der Waals surface area contributed by atoms with Gasteiger partial charge in [0.2, 0.25) is 5.91 Å². The van der Waals surface area contributed by atoms with Crippen molar-refractivity contribution in [1.29, 1.82) is 0 Å². The number of aromatic nitrogens is 2. The highest BCUT2D eigenvalue weighted by Gasteiger charge is 2.32. The summed E-state index contributed by atoms with van der Waals surface area (Å²) in [5, 5.41) is 10.3. The lowest BCUT2D eigenvalue weighted by atomic mass is 10.0. The van der Waals surface area contributed by atoms with Crippen LogP contribution in [0.4, 0.5) is 0 Å². The molecule has 0 bridgehead atoms. The molecule has 1 fully saturated rings. The molecule has 122 valence electrons. The van der Waals surface area contributed by atoms with Gasteiger partial charge in [0.15, 0.2) is 0 Å². The fourth-order valence-electron chi connectivity index (χ4n) is 3.01. The van der Waals surface area contributed by atoms with Crippen LogP contribution >= 0.6 is 0 Å². The summed E-state index contributed by atoms with van der Waals surface area (Å²) in [6, 6.07) is 9.59. The van der Waals surface area contributed by atoms with E-state index in [9.17, 15) is 4.79 Å². The number of rotatable bonds is 5. The smallest absolute Gasteiger partial charge is 0.242 e. The van der Waals surface area contributed by atoms with Gasteiger partial charge in [-0.2, -0.15) is 5.10 Å². The largest absolute Gasteiger partial charge is 0.371 e. The minimum Gasteiger partial charge on any atom is -0.371 e.